The van der Waals surface area contributed by atoms with E-state index >= 15 is 0 Å². The third-order valence-corrected chi connectivity index (χ3v) is 5.09. The van der Waals surface area contributed by atoms with Crippen molar-refractivity contribution in [2.75, 3.05) is 38.2 Å². The summed E-state index contributed by atoms with van der Waals surface area (Å²) in [5.74, 6) is 0.999. The summed E-state index contributed by atoms with van der Waals surface area (Å²) in [5, 5.41) is 6.65. The number of rotatable bonds is 11. The van der Waals surface area contributed by atoms with Crippen molar-refractivity contribution >= 4 is 15.8 Å². The van der Waals surface area contributed by atoms with Crippen LogP contribution in [0.2, 0.25) is 0 Å². The molecular formula is C18H40N4O2S. The van der Waals surface area contributed by atoms with Gasteiger partial charge >= 0.3 is 0 Å². The first-order chi connectivity index (χ1) is 11.4. The van der Waals surface area contributed by atoms with Gasteiger partial charge in [-0.05, 0) is 46.5 Å². The molecule has 7 heteroatoms. The Kier molecular flexibility index (Phi) is 10.7. The van der Waals surface area contributed by atoms with Crippen molar-refractivity contribution in [3.8, 4) is 0 Å². The summed E-state index contributed by atoms with van der Waals surface area (Å²) in [4.78, 5) is 7.09. The summed E-state index contributed by atoms with van der Waals surface area (Å²) in [6, 6.07) is 1.02. The lowest BCUT2D eigenvalue weighted by Crippen LogP contribution is -2.45. The molecule has 6 nitrogen and oxygen atoms in total. The molecule has 0 fully saturated rings. The zero-order valence-electron chi connectivity index (χ0n) is 17.5. The first-order valence-electron chi connectivity index (χ1n) is 9.33. The molecule has 0 unspecified atom stereocenters. The van der Waals surface area contributed by atoms with Gasteiger partial charge in [0.15, 0.2) is 5.96 Å². The van der Waals surface area contributed by atoms with E-state index in [1.54, 1.807) is 0 Å². The Morgan fingerprint density at radius 2 is 1.68 bits per heavy atom. The number of sulfone groups is 1. The predicted octanol–water partition coefficient (Wildman–Crippen LogP) is 2.12. The second-order valence-electron chi connectivity index (χ2n) is 8.09. The van der Waals surface area contributed by atoms with Crippen molar-refractivity contribution < 1.29 is 8.42 Å². The van der Waals surface area contributed by atoms with Crippen LogP contribution >= 0.6 is 0 Å². The zero-order valence-corrected chi connectivity index (χ0v) is 18.3. The highest BCUT2D eigenvalue weighted by atomic mass is 32.2. The fraction of sp³-hybridized carbons (Fsp3) is 0.944. The van der Waals surface area contributed by atoms with Crippen molar-refractivity contribution in [3.05, 3.63) is 0 Å². The lowest BCUT2D eigenvalue weighted by molar-refractivity contribution is 0.178. The van der Waals surface area contributed by atoms with Gasteiger partial charge in [-0.15, -0.1) is 0 Å². The number of aliphatic imine (C=N–C) groups is 1. The first-order valence-corrected chi connectivity index (χ1v) is 11.4. The molecule has 0 aliphatic rings. The summed E-state index contributed by atoms with van der Waals surface area (Å²) < 4.78 is 22.7. The Labute approximate surface area is 155 Å². The second-order valence-corrected chi connectivity index (χ2v) is 10.4. The number of nitrogens with zero attached hydrogens (tertiary/aromatic N) is 2. The van der Waals surface area contributed by atoms with Crippen LogP contribution < -0.4 is 10.6 Å². The summed E-state index contributed by atoms with van der Waals surface area (Å²) in [6.45, 7) is 18.2. The molecule has 0 amide bonds. The van der Waals surface area contributed by atoms with Crippen LogP contribution in [0.5, 0.6) is 0 Å². The topological polar surface area (TPSA) is 73.8 Å². The standard InChI is InChI=1S/C18H40N4O2S/c1-9-19-17(20-11-12-22(15(2)3)16(4)5)21-14-18(6,7)10-13-25(8,23)24/h15-16H,9-14H2,1-8H3,(H2,19,20,21). The highest BCUT2D eigenvalue weighted by molar-refractivity contribution is 7.90. The lowest BCUT2D eigenvalue weighted by atomic mass is 9.90. The highest BCUT2D eigenvalue weighted by Crippen LogP contribution is 2.21. The number of nitrogens with one attached hydrogen (secondary N) is 2. The van der Waals surface area contributed by atoms with Gasteiger partial charge in [-0.2, -0.15) is 0 Å². The van der Waals surface area contributed by atoms with Crippen molar-refractivity contribution in [3.63, 3.8) is 0 Å². The quantitative estimate of drug-likeness (QED) is 0.427. The minimum absolute atomic E-state index is 0.146. The van der Waals surface area contributed by atoms with Crippen LogP contribution in [0.25, 0.3) is 0 Å². The third kappa shape index (κ3) is 12.2. The number of hydrogen-bond acceptors (Lipinski definition) is 4. The molecule has 0 rings (SSSR count). The molecule has 2 N–H and O–H groups in total. The van der Waals surface area contributed by atoms with E-state index < -0.39 is 9.84 Å². The maximum atomic E-state index is 11.4. The van der Waals surface area contributed by atoms with Crippen molar-refractivity contribution in [1.82, 2.24) is 15.5 Å². The van der Waals surface area contributed by atoms with Gasteiger partial charge in [-0.25, -0.2) is 8.42 Å². The Morgan fingerprint density at radius 3 is 2.12 bits per heavy atom. The van der Waals surface area contributed by atoms with E-state index in [0.29, 0.717) is 25.0 Å². The fourth-order valence-corrected chi connectivity index (χ4v) is 3.52. The Hall–Kier alpha value is -0.820. The van der Waals surface area contributed by atoms with Crippen LogP contribution in [0.3, 0.4) is 0 Å². The predicted molar refractivity (Wildman–Crippen MR) is 109 cm³/mol. The van der Waals surface area contributed by atoms with Gasteiger partial charge in [-0.1, -0.05) is 13.8 Å². The molecule has 0 saturated carbocycles. The molecule has 0 aliphatic heterocycles. The van der Waals surface area contributed by atoms with Gasteiger partial charge in [0.2, 0.25) is 0 Å². The summed E-state index contributed by atoms with van der Waals surface area (Å²) >= 11 is 0. The largest absolute Gasteiger partial charge is 0.357 e. The van der Waals surface area contributed by atoms with Crippen LogP contribution in [0.1, 0.15) is 54.9 Å². The number of hydrogen-bond donors (Lipinski definition) is 2. The summed E-state index contributed by atoms with van der Waals surface area (Å²) in [6.07, 6.45) is 1.90. The smallest absolute Gasteiger partial charge is 0.191 e. The van der Waals surface area contributed by atoms with E-state index in [0.717, 1.165) is 25.6 Å². The Balaban J connectivity index is 4.63. The van der Waals surface area contributed by atoms with Crippen molar-refractivity contribution in [1.29, 1.82) is 0 Å². The molecule has 0 atom stereocenters. The average Bonchev–Trinajstić information content (AvgIpc) is 2.45. The van der Waals surface area contributed by atoms with E-state index in [2.05, 4.69) is 62.1 Å². The average molecular weight is 377 g/mol. The summed E-state index contributed by atoms with van der Waals surface area (Å²) in [5.41, 5.74) is -0.146. The van der Waals surface area contributed by atoms with Crippen LogP contribution in [0.15, 0.2) is 4.99 Å². The molecular weight excluding hydrogens is 336 g/mol. The molecule has 0 aromatic carbocycles. The monoisotopic (exact) mass is 376 g/mol. The molecule has 0 aromatic heterocycles. The van der Waals surface area contributed by atoms with E-state index in [9.17, 15) is 8.42 Å². The van der Waals surface area contributed by atoms with Gasteiger partial charge in [0.05, 0.1) is 5.75 Å². The van der Waals surface area contributed by atoms with Crippen molar-refractivity contribution in [2.45, 2.75) is 67.0 Å². The molecule has 0 radical (unpaired) electrons. The minimum atomic E-state index is -2.93. The molecule has 0 aromatic rings. The third-order valence-electron chi connectivity index (χ3n) is 4.15. The van der Waals surface area contributed by atoms with E-state index in [4.69, 9.17) is 0 Å². The van der Waals surface area contributed by atoms with Crippen LogP contribution in [0, 0.1) is 5.41 Å². The molecule has 0 bridgehead atoms. The minimum Gasteiger partial charge on any atom is -0.357 e. The second kappa shape index (κ2) is 11.0. The van der Waals surface area contributed by atoms with Gasteiger partial charge in [0.1, 0.15) is 9.84 Å². The zero-order chi connectivity index (χ0) is 19.7. The molecule has 25 heavy (non-hydrogen) atoms. The molecule has 0 heterocycles. The molecule has 0 saturated heterocycles. The van der Waals surface area contributed by atoms with Gasteiger partial charge in [0, 0.05) is 44.5 Å². The fourth-order valence-electron chi connectivity index (χ4n) is 2.59. The highest BCUT2D eigenvalue weighted by Gasteiger charge is 2.20. The van der Waals surface area contributed by atoms with E-state index in [-0.39, 0.29) is 11.2 Å². The van der Waals surface area contributed by atoms with Gasteiger partial charge in [0.25, 0.3) is 0 Å². The maximum Gasteiger partial charge on any atom is 0.191 e. The lowest BCUT2D eigenvalue weighted by Gasteiger charge is -2.30. The van der Waals surface area contributed by atoms with Gasteiger partial charge < -0.3 is 10.6 Å². The molecule has 0 spiro atoms. The van der Waals surface area contributed by atoms with E-state index in [1.165, 1.54) is 6.26 Å². The Bertz CT molecular complexity index is 491. The van der Waals surface area contributed by atoms with Crippen molar-refractivity contribution in [2.24, 2.45) is 10.4 Å². The number of guanidine groups is 1. The van der Waals surface area contributed by atoms with Crippen LogP contribution in [-0.4, -0.2) is 69.5 Å². The maximum absolute atomic E-state index is 11.4. The SMILES string of the molecule is CCNC(=NCC(C)(C)CCS(C)(=O)=O)NCCN(C(C)C)C(C)C. The van der Waals surface area contributed by atoms with Crippen LogP contribution in [-0.2, 0) is 9.84 Å². The Morgan fingerprint density at radius 1 is 1.12 bits per heavy atom. The molecule has 0 aliphatic carbocycles. The van der Waals surface area contributed by atoms with E-state index in [1.807, 2.05) is 6.92 Å². The normalized spacial score (nSPS) is 13.8. The van der Waals surface area contributed by atoms with Crippen LogP contribution in [0.4, 0.5) is 0 Å². The van der Waals surface area contributed by atoms with Gasteiger partial charge in [-0.3, -0.25) is 9.89 Å². The summed E-state index contributed by atoms with van der Waals surface area (Å²) in [7, 11) is -2.93. The first kappa shape index (κ1) is 24.2. The molecule has 150 valence electrons.